The third-order valence-electron chi connectivity index (χ3n) is 3.06. The van der Waals surface area contributed by atoms with Gasteiger partial charge in [0.05, 0.1) is 22.7 Å². The van der Waals surface area contributed by atoms with Gasteiger partial charge in [-0.05, 0) is 32.0 Å². The van der Waals surface area contributed by atoms with Crippen LogP contribution in [0.25, 0.3) is 0 Å². The SMILES string of the molecule is CN(C(C)(C)CO)S(=O)(=O)c1cc(C(=O)O)ccc1Cl. The second kappa shape index (κ2) is 5.69. The van der Waals surface area contributed by atoms with Crippen molar-refractivity contribution in [3.63, 3.8) is 0 Å². The summed E-state index contributed by atoms with van der Waals surface area (Å²) in [6.45, 7) is 2.69. The van der Waals surface area contributed by atoms with Gasteiger partial charge in [0.2, 0.25) is 10.0 Å². The number of hydrogen-bond donors (Lipinski definition) is 2. The van der Waals surface area contributed by atoms with Crippen molar-refractivity contribution in [2.75, 3.05) is 13.7 Å². The average Bonchev–Trinajstić information content (AvgIpc) is 2.37. The van der Waals surface area contributed by atoms with Crippen molar-refractivity contribution in [3.8, 4) is 0 Å². The Bertz CT molecular complexity index is 627. The molecule has 112 valence electrons. The first-order chi connectivity index (χ1) is 9.04. The van der Waals surface area contributed by atoms with E-state index >= 15 is 0 Å². The highest BCUT2D eigenvalue weighted by atomic mass is 35.5. The number of aliphatic hydroxyl groups is 1. The summed E-state index contributed by atoms with van der Waals surface area (Å²) in [5.41, 5.74) is -1.22. The molecule has 0 bridgehead atoms. The number of aliphatic hydroxyl groups excluding tert-OH is 1. The van der Waals surface area contributed by atoms with Gasteiger partial charge in [0.1, 0.15) is 4.90 Å². The Morgan fingerprint density at radius 2 is 1.95 bits per heavy atom. The summed E-state index contributed by atoms with van der Waals surface area (Å²) < 4.78 is 25.9. The fourth-order valence-corrected chi connectivity index (χ4v) is 3.41. The number of rotatable bonds is 5. The highest BCUT2D eigenvalue weighted by Crippen LogP contribution is 2.28. The zero-order valence-corrected chi connectivity index (χ0v) is 12.9. The van der Waals surface area contributed by atoms with Gasteiger partial charge in [-0.2, -0.15) is 4.31 Å². The second-order valence-corrected chi connectivity index (χ2v) is 7.24. The Kier molecular flexibility index (Phi) is 4.81. The number of halogens is 1. The molecule has 1 aromatic rings. The predicted octanol–water partition coefficient (Wildman–Crippen LogP) is 1.43. The third kappa shape index (κ3) is 3.12. The van der Waals surface area contributed by atoms with Crippen molar-refractivity contribution in [3.05, 3.63) is 28.8 Å². The molecule has 0 fully saturated rings. The number of likely N-dealkylation sites (N-methyl/N-ethyl adjacent to an activating group) is 1. The van der Waals surface area contributed by atoms with Crippen LogP contribution in [0.15, 0.2) is 23.1 Å². The van der Waals surface area contributed by atoms with Gasteiger partial charge < -0.3 is 10.2 Å². The van der Waals surface area contributed by atoms with Crippen LogP contribution < -0.4 is 0 Å². The van der Waals surface area contributed by atoms with E-state index in [1.165, 1.54) is 19.2 Å². The highest BCUT2D eigenvalue weighted by molar-refractivity contribution is 7.89. The van der Waals surface area contributed by atoms with E-state index in [9.17, 15) is 18.3 Å². The largest absolute Gasteiger partial charge is 0.478 e. The number of hydrogen-bond acceptors (Lipinski definition) is 4. The minimum absolute atomic E-state index is 0.0735. The lowest BCUT2D eigenvalue weighted by atomic mass is 10.1. The number of aromatic carboxylic acids is 1. The number of carbonyl (C=O) groups is 1. The van der Waals surface area contributed by atoms with Crippen LogP contribution >= 0.6 is 11.6 Å². The molecule has 6 nitrogen and oxygen atoms in total. The van der Waals surface area contributed by atoms with Crippen molar-refractivity contribution < 1.29 is 23.4 Å². The van der Waals surface area contributed by atoms with Crippen molar-refractivity contribution in [2.24, 2.45) is 0 Å². The van der Waals surface area contributed by atoms with Gasteiger partial charge in [0, 0.05) is 7.05 Å². The molecule has 0 spiro atoms. The van der Waals surface area contributed by atoms with E-state index in [2.05, 4.69) is 0 Å². The van der Waals surface area contributed by atoms with Gasteiger partial charge in [-0.1, -0.05) is 11.6 Å². The maximum atomic E-state index is 12.5. The maximum Gasteiger partial charge on any atom is 0.335 e. The third-order valence-corrected chi connectivity index (χ3v) is 5.61. The Labute approximate surface area is 122 Å². The minimum atomic E-state index is -4.02. The molecular weight excluding hydrogens is 306 g/mol. The van der Waals surface area contributed by atoms with Crippen molar-refractivity contribution in [1.29, 1.82) is 0 Å². The average molecular weight is 322 g/mol. The van der Waals surface area contributed by atoms with E-state index in [1.54, 1.807) is 13.8 Å². The van der Waals surface area contributed by atoms with E-state index in [1.807, 2.05) is 0 Å². The number of benzene rings is 1. The Morgan fingerprint density at radius 1 is 1.40 bits per heavy atom. The summed E-state index contributed by atoms with van der Waals surface area (Å²) in [6.07, 6.45) is 0. The summed E-state index contributed by atoms with van der Waals surface area (Å²) in [7, 11) is -2.72. The van der Waals surface area contributed by atoms with Crippen LogP contribution in [0.4, 0.5) is 0 Å². The fourth-order valence-electron chi connectivity index (χ4n) is 1.41. The van der Waals surface area contributed by atoms with Crippen molar-refractivity contribution >= 4 is 27.6 Å². The first-order valence-electron chi connectivity index (χ1n) is 5.67. The van der Waals surface area contributed by atoms with Gasteiger partial charge in [0.15, 0.2) is 0 Å². The molecule has 0 saturated heterocycles. The van der Waals surface area contributed by atoms with Gasteiger partial charge in [0.25, 0.3) is 0 Å². The Hall–Kier alpha value is -1.15. The van der Waals surface area contributed by atoms with Gasteiger partial charge in [-0.3, -0.25) is 0 Å². The van der Waals surface area contributed by atoms with Gasteiger partial charge in [-0.25, -0.2) is 13.2 Å². The number of carboxylic acid groups (broad SMARTS) is 1. The summed E-state index contributed by atoms with van der Waals surface area (Å²) in [6, 6.07) is 3.45. The molecule has 0 radical (unpaired) electrons. The van der Waals surface area contributed by atoms with E-state index in [-0.39, 0.29) is 22.1 Å². The first-order valence-corrected chi connectivity index (χ1v) is 7.48. The molecule has 1 aromatic carbocycles. The molecule has 0 atom stereocenters. The number of sulfonamides is 1. The minimum Gasteiger partial charge on any atom is -0.478 e. The van der Waals surface area contributed by atoms with E-state index < -0.39 is 21.5 Å². The van der Waals surface area contributed by atoms with Crippen molar-refractivity contribution in [1.82, 2.24) is 4.31 Å². The van der Waals surface area contributed by atoms with Crippen LogP contribution in [0.1, 0.15) is 24.2 Å². The lowest BCUT2D eigenvalue weighted by molar-refractivity contribution is 0.0696. The summed E-state index contributed by atoms with van der Waals surface area (Å²) >= 11 is 5.86. The Morgan fingerprint density at radius 3 is 2.40 bits per heavy atom. The van der Waals surface area contributed by atoms with Crippen LogP contribution in [0.3, 0.4) is 0 Å². The Balaban J connectivity index is 3.43. The molecule has 1 rings (SSSR count). The molecular formula is C12H16ClNO5S. The zero-order chi connectivity index (χ0) is 15.7. The smallest absolute Gasteiger partial charge is 0.335 e. The monoisotopic (exact) mass is 321 g/mol. The predicted molar refractivity (Wildman–Crippen MR) is 74.5 cm³/mol. The molecule has 8 heteroatoms. The summed E-state index contributed by atoms with van der Waals surface area (Å²) in [5, 5.41) is 18.1. The van der Waals surface area contributed by atoms with E-state index in [0.29, 0.717) is 0 Å². The summed E-state index contributed by atoms with van der Waals surface area (Å²) in [4.78, 5) is 10.6. The summed E-state index contributed by atoms with van der Waals surface area (Å²) in [5.74, 6) is -1.25. The van der Waals surface area contributed by atoms with Crippen LogP contribution in [0.2, 0.25) is 5.02 Å². The molecule has 0 aliphatic carbocycles. The lowest BCUT2D eigenvalue weighted by Crippen LogP contribution is -2.47. The molecule has 2 N–H and O–H groups in total. The lowest BCUT2D eigenvalue weighted by Gasteiger charge is -2.33. The quantitative estimate of drug-likeness (QED) is 0.855. The van der Waals surface area contributed by atoms with Crippen LogP contribution in [0, 0.1) is 0 Å². The van der Waals surface area contributed by atoms with Gasteiger partial charge in [-0.15, -0.1) is 0 Å². The van der Waals surface area contributed by atoms with Crippen LogP contribution in [-0.2, 0) is 10.0 Å². The van der Waals surface area contributed by atoms with E-state index in [4.69, 9.17) is 16.7 Å². The number of carboxylic acids is 1. The topological polar surface area (TPSA) is 94.9 Å². The second-order valence-electron chi connectivity index (χ2n) is 4.89. The molecule has 20 heavy (non-hydrogen) atoms. The highest BCUT2D eigenvalue weighted by Gasteiger charge is 2.35. The number of nitrogens with zero attached hydrogens (tertiary/aromatic N) is 1. The molecule has 0 saturated carbocycles. The molecule has 0 aromatic heterocycles. The molecule has 0 heterocycles. The van der Waals surface area contributed by atoms with Crippen molar-refractivity contribution in [2.45, 2.75) is 24.3 Å². The van der Waals surface area contributed by atoms with Gasteiger partial charge >= 0.3 is 5.97 Å². The van der Waals surface area contributed by atoms with E-state index in [0.717, 1.165) is 10.4 Å². The van der Waals surface area contributed by atoms with Crippen LogP contribution in [0.5, 0.6) is 0 Å². The molecule has 0 aliphatic heterocycles. The first kappa shape index (κ1) is 16.9. The normalized spacial score (nSPS) is 12.7. The standard InChI is InChI=1S/C12H16ClNO5S/c1-12(2,7-15)14(3)20(18,19)10-6-8(11(16)17)4-5-9(10)13/h4-6,15H,7H2,1-3H3,(H,16,17). The van der Waals surface area contributed by atoms with Crippen LogP contribution in [-0.4, -0.2) is 48.1 Å². The zero-order valence-electron chi connectivity index (χ0n) is 11.3. The molecule has 0 amide bonds. The fraction of sp³-hybridized carbons (Fsp3) is 0.417. The molecule has 0 unspecified atom stereocenters. The maximum absolute atomic E-state index is 12.5. The molecule has 0 aliphatic rings.